The van der Waals surface area contributed by atoms with Crippen molar-refractivity contribution in [2.24, 2.45) is 4.99 Å². The number of aliphatic hydroxyl groups excluding tert-OH is 1. The molecule has 0 bridgehead atoms. The van der Waals surface area contributed by atoms with E-state index in [1.54, 1.807) is 45.9 Å². The van der Waals surface area contributed by atoms with Crippen LogP contribution in [0, 0.1) is 0 Å². The number of ether oxygens (including phenoxy) is 1. The predicted octanol–water partition coefficient (Wildman–Crippen LogP) is 2.26. The summed E-state index contributed by atoms with van der Waals surface area (Å²) in [6, 6.07) is -0.449. The number of carbonyl (C=O) groups excluding carboxylic acids is 1. The summed E-state index contributed by atoms with van der Waals surface area (Å²) in [6.45, 7) is 7.39. The summed E-state index contributed by atoms with van der Waals surface area (Å²) in [4.78, 5) is 17.1. The van der Waals surface area contributed by atoms with Crippen molar-refractivity contribution in [1.82, 2.24) is 4.90 Å². The molecule has 0 aromatic carbocycles. The Morgan fingerprint density at radius 2 is 2.17 bits per heavy atom. The molecule has 0 aliphatic heterocycles. The zero-order valence-corrected chi connectivity index (χ0v) is 11.7. The quantitative estimate of drug-likeness (QED) is 0.342. The minimum absolute atomic E-state index is 0.0387. The molecule has 0 spiro atoms. The molecular formula is C13H22N2O3. The molecule has 0 radical (unpaired) electrons. The van der Waals surface area contributed by atoms with Crippen molar-refractivity contribution in [3.05, 3.63) is 23.7 Å². The molecule has 1 unspecified atom stereocenters. The Bertz CT molecular complexity index is 359. The molecule has 5 heteroatoms. The van der Waals surface area contributed by atoms with E-state index in [-0.39, 0.29) is 11.7 Å². The van der Waals surface area contributed by atoms with Gasteiger partial charge in [0.05, 0.1) is 6.61 Å². The van der Waals surface area contributed by atoms with Crippen LogP contribution >= 0.6 is 0 Å². The first-order chi connectivity index (χ1) is 8.42. The van der Waals surface area contributed by atoms with Gasteiger partial charge in [-0.15, -0.1) is 0 Å². The van der Waals surface area contributed by atoms with Crippen molar-refractivity contribution in [1.29, 1.82) is 0 Å². The fraction of sp³-hybridized carbons (Fsp3) is 0.538. The summed E-state index contributed by atoms with van der Waals surface area (Å²) >= 11 is 0. The standard InChI is InChI=1S/C13H22N2O3/c1-6-14-10(3)8-12(16)9-15(5)11(4)13(17)18-7-2/h6,8-9,11,16H,7H2,1-5H3/b10-8+,12-9+,14-6?. The third-order valence-electron chi connectivity index (χ3n) is 2.26. The second-order valence-electron chi connectivity index (χ2n) is 3.82. The Hall–Kier alpha value is -1.78. The number of rotatable bonds is 6. The lowest BCUT2D eigenvalue weighted by Gasteiger charge is -2.21. The van der Waals surface area contributed by atoms with Crippen LogP contribution in [0.4, 0.5) is 0 Å². The molecule has 1 N–H and O–H groups in total. The Balaban J connectivity index is 4.66. The molecule has 0 aliphatic carbocycles. The van der Waals surface area contributed by atoms with Gasteiger partial charge in [0, 0.05) is 31.2 Å². The van der Waals surface area contributed by atoms with Crippen LogP contribution in [-0.4, -0.2) is 41.9 Å². The first-order valence-corrected chi connectivity index (χ1v) is 5.88. The summed E-state index contributed by atoms with van der Waals surface area (Å²) in [5.41, 5.74) is 0.684. The fourth-order valence-corrected chi connectivity index (χ4v) is 1.24. The monoisotopic (exact) mass is 254 g/mol. The summed E-state index contributed by atoms with van der Waals surface area (Å²) in [7, 11) is 1.70. The van der Waals surface area contributed by atoms with Gasteiger partial charge >= 0.3 is 5.97 Å². The summed E-state index contributed by atoms with van der Waals surface area (Å²) < 4.78 is 4.90. The minimum atomic E-state index is -0.449. The van der Waals surface area contributed by atoms with E-state index < -0.39 is 6.04 Å². The number of hydrogen-bond donors (Lipinski definition) is 1. The highest BCUT2D eigenvalue weighted by Crippen LogP contribution is 2.05. The van der Waals surface area contributed by atoms with Crippen molar-refractivity contribution in [2.75, 3.05) is 13.7 Å². The minimum Gasteiger partial charge on any atom is -0.506 e. The van der Waals surface area contributed by atoms with Gasteiger partial charge in [0.25, 0.3) is 0 Å². The molecule has 0 heterocycles. The molecule has 0 saturated carbocycles. The van der Waals surface area contributed by atoms with Crippen LogP contribution in [0.5, 0.6) is 0 Å². The van der Waals surface area contributed by atoms with E-state index in [1.165, 1.54) is 12.3 Å². The number of hydrogen-bond acceptors (Lipinski definition) is 5. The SMILES string of the molecule is CC=N/C(C)=C/C(O)=C\N(C)C(C)C(=O)OCC. The Kier molecular flexibility index (Phi) is 7.51. The van der Waals surface area contributed by atoms with Crippen LogP contribution < -0.4 is 0 Å². The van der Waals surface area contributed by atoms with Crippen molar-refractivity contribution in [2.45, 2.75) is 33.7 Å². The van der Waals surface area contributed by atoms with Gasteiger partial charge in [-0.25, -0.2) is 4.79 Å². The summed E-state index contributed by atoms with van der Waals surface area (Å²) in [6.07, 6.45) is 4.63. The van der Waals surface area contributed by atoms with Gasteiger partial charge in [-0.05, 0) is 27.7 Å². The first-order valence-electron chi connectivity index (χ1n) is 5.88. The van der Waals surface area contributed by atoms with Gasteiger partial charge in [0.2, 0.25) is 0 Å². The van der Waals surface area contributed by atoms with Crippen LogP contribution in [0.2, 0.25) is 0 Å². The smallest absolute Gasteiger partial charge is 0.328 e. The number of carbonyl (C=O) groups is 1. The number of likely N-dealkylation sites (N-methyl/N-ethyl adjacent to an activating group) is 1. The summed E-state index contributed by atoms with van der Waals surface area (Å²) in [5, 5.41) is 9.69. The van der Waals surface area contributed by atoms with Crippen LogP contribution in [-0.2, 0) is 9.53 Å². The molecule has 18 heavy (non-hydrogen) atoms. The number of allylic oxidation sites excluding steroid dienone is 2. The van der Waals surface area contributed by atoms with Crippen molar-refractivity contribution in [3.8, 4) is 0 Å². The zero-order valence-electron chi connectivity index (χ0n) is 11.7. The molecule has 0 aromatic heterocycles. The van der Waals surface area contributed by atoms with E-state index in [0.29, 0.717) is 12.3 Å². The Labute approximate surface area is 108 Å². The number of aliphatic imine (C=N–C) groups is 1. The molecule has 0 fully saturated rings. The van der Waals surface area contributed by atoms with Gasteiger partial charge in [-0.1, -0.05) is 0 Å². The average Bonchev–Trinajstić information content (AvgIpc) is 2.28. The fourth-order valence-electron chi connectivity index (χ4n) is 1.24. The molecule has 0 saturated heterocycles. The van der Waals surface area contributed by atoms with Gasteiger partial charge in [0.15, 0.2) is 0 Å². The second kappa shape index (κ2) is 8.33. The van der Waals surface area contributed by atoms with Gasteiger partial charge < -0.3 is 14.7 Å². The maximum Gasteiger partial charge on any atom is 0.328 e. The highest BCUT2D eigenvalue weighted by Gasteiger charge is 2.17. The number of esters is 1. The van der Waals surface area contributed by atoms with E-state index in [0.717, 1.165) is 0 Å². The molecular weight excluding hydrogens is 232 g/mol. The Morgan fingerprint density at radius 1 is 1.56 bits per heavy atom. The topological polar surface area (TPSA) is 62.1 Å². The van der Waals surface area contributed by atoms with Gasteiger partial charge in [-0.3, -0.25) is 4.99 Å². The average molecular weight is 254 g/mol. The van der Waals surface area contributed by atoms with Crippen LogP contribution in [0.25, 0.3) is 0 Å². The van der Waals surface area contributed by atoms with Crippen molar-refractivity contribution in [3.63, 3.8) is 0 Å². The molecule has 1 atom stereocenters. The highest BCUT2D eigenvalue weighted by molar-refractivity contribution is 5.75. The van der Waals surface area contributed by atoms with Crippen LogP contribution in [0.15, 0.2) is 28.7 Å². The van der Waals surface area contributed by atoms with Gasteiger partial charge in [-0.2, -0.15) is 0 Å². The normalized spacial score (nSPS) is 14.7. The van der Waals surface area contributed by atoms with Crippen LogP contribution in [0.1, 0.15) is 27.7 Å². The third-order valence-corrected chi connectivity index (χ3v) is 2.26. The maximum atomic E-state index is 11.5. The molecule has 102 valence electrons. The highest BCUT2D eigenvalue weighted by atomic mass is 16.5. The van der Waals surface area contributed by atoms with E-state index in [9.17, 15) is 9.90 Å². The lowest BCUT2D eigenvalue weighted by Crippen LogP contribution is -2.34. The van der Waals surface area contributed by atoms with E-state index in [1.807, 2.05) is 0 Å². The number of aliphatic hydroxyl groups is 1. The van der Waals surface area contributed by atoms with E-state index in [4.69, 9.17) is 4.74 Å². The largest absolute Gasteiger partial charge is 0.506 e. The first kappa shape index (κ1) is 16.2. The van der Waals surface area contributed by atoms with E-state index in [2.05, 4.69) is 4.99 Å². The molecule has 0 aliphatic rings. The Morgan fingerprint density at radius 3 is 2.67 bits per heavy atom. The molecule has 0 amide bonds. The molecule has 5 nitrogen and oxygen atoms in total. The molecule has 0 aromatic rings. The lowest BCUT2D eigenvalue weighted by atomic mass is 10.3. The van der Waals surface area contributed by atoms with Crippen molar-refractivity contribution < 1.29 is 14.6 Å². The molecule has 0 rings (SSSR count). The third kappa shape index (κ3) is 6.08. The van der Waals surface area contributed by atoms with Crippen LogP contribution in [0.3, 0.4) is 0 Å². The maximum absolute atomic E-state index is 11.5. The zero-order chi connectivity index (χ0) is 14.1. The second-order valence-corrected chi connectivity index (χ2v) is 3.82. The van der Waals surface area contributed by atoms with Crippen molar-refractivity contribution >= 4 is 12.2 Å². The van der Waals surface area contributed by atoms with E-state index >= 15 is 0 Å². The summed E-state index contributed by atoms with van der Waals surface area (Å²) in [5.74, 6) is -0.284. The predicted molar refractivity (Wildman–Crippen MR) is 72.5 cm³/mol. The lowest BCUT2D eigenvalue weighted by molar-refractivity contribution is -0.147. The number of nitrogens with zero attached hydrogens (tertiary/aromatic N) is 2. The van der Waals surface area contributed by atoms with Gasteiger partial charge in [0.1, 0.15) is 11.8 Å².